The average Bonchev–Trinajstić information content (AvgIpc) is 2.46. The van der Waals surface area contributed by atoms with Crippen molar-refractivity contribution in [2.75, 3.05) is 12.4 Å². The monoisotopic (exact) mass is 287 g/mol. The summed E-state index contributed by atoms with van der Waals surface area (Å²) in [6.07, 6.45) is 0.135. The summed E-state index contributed by atoms with van der Waals surface area (Å²) in [5, 5.41) is 13.0. The summed E-state index contributed by atoms with van der Waals surface area (Å²) in [5.41, 5.74) is 1.90. The van der Waals surface area contributed by atoms with Crippen molar-refractivity contribution in [2.24, 2.45) is 0 Å². The summed E-state index contributed by atoms with van der Waals surface area (Å²) in [6.45, 7) is 4.63. The van der Waals surface area contributed by atoms with Crippen LogP contribution in [0.1, 0.15) is 19.4 Å². The van der Waals surface area contributed by atoms with Crippen LogP contribution in [0.5, 0.6) is 17.2 Å². The third-order valence-corrected chi connectivity index (χ3v) is 3.00. The fourth-order valence-corrected chi connectivity index (χ4v) is 2.02. The summed E-state index contributed by atoms with van der Waals surface area (Å²) in [4.78, 5) is 0. The minimum absolute atomic E-state index is 0.120. The molecule has 112 valence electrons. The lowest BCUT2D eigenvalue weighted by Gasteiger charge is -2.15. The zero-order valence-electron chi connectivity index (χ0n) is 12.6. The highest BCUT2D eigenvalue weighted by Crippen LogP contribution is 2.29. The van der Waals surface area contributed by atoms with E-state index in [-0.39, 0.29) is 11.9 Å². The number of rotatable bonds is 6. The molecule has 0 radical (unpaired) electrons. The van der Waals surface area contributed by atoms with Gasteiger partial charge in [0.2, 0.25) is 0 Å². The molecule has 21 heavy (non-hydrogen) atoms. The van der Waals surface area contributed by atoms with Crippen molar-refractivity contribution in [3.63, 3.8) is 0 Å². The number of anilines is 1. The lowest BCUT2D eigenvalue weighted by Crippen LogP contribution is -2.09. The Morgan fingerprint density at radius 3 is 2.52 bits per heavy atom. The lowest BCUT2D eigenvalue weighted by atomic mass is 10.2. The van der Waals surface area contributed by atoms with E-state index >= 15 is 0 Å². The fourth-order valence-electron chi connectivity index (χ4n) is 2.02. The van der Waals surface area contributed by atoms with Crippen LogP contribution in [0.25, 0.3) is 0 Å². The van der Waals surface area contributed by atoms with Gasteiger partial charge in [-0.15, -0.1) is 0 Å². The molecule has 0 aliphatic heterocycles. The van der Waals surface area contributed by atoms with Gasteiger partial charge in [-0.3, -0.25) is 0 Å². The summed E-state index contributed by atoms with van der Waals surface area (Å²) in [5.74, 6) is 1.45. The predicted octanol–water partition coefficient (Wildman–Crippen LogP) is 3.80. The van der Waals surface area contributed by atoms with Crippen LogP contribution in [0.3, 0.4) is 0 Å². The minimum atomic E-state index is 0.120. The first-order chi connectivity index (χ1) is 10.1. The predicted molar refractivity (Wildman–Crippen MR) is 84.2 cm³/mol. The van der Waals surface area contributed by atoms with Crippen molar-refractivity contribution in [1.29, 1.82) is 0 Å². The van der Waals surface area contributed by atoms with Gasteiger partial charge in [-0.2, -0.15) is 0 Å². The number of methoxy groups -OCH3 is 1. The molecule has 0 saturated carbocycles. The molecule has 4 nitrogen and oxygen atoms in total. The molecule has 0 saturated heterocycles. The Hall–Kier alpha value is -2.36. The second-order valence-electron chi connectivity index (χ2n) is 5.01. The third kappa shape index (κ3) is 4.05. The van der Waals surface area contributed by atoms with Crippen LogP contribution in [0.4, 0.5) is 5.69 Å². The Bertz CT molecular complexity index is 596. The van der Waals surface area contributed by atoms with Crippen LogP contribution < -0.4 is 14.8 Å². The van der Waals surface area contributed by atoms with E-state index in [0.717, 1.165) is 17.0 Å². The number of ether oxygens (including phenoxy) is 2. The topological polar surface area (TPSA) is 50.7 Å². The van der Waals surface area contributed by atoms with Crippen molar-refractivity contribution in [3.8, 4) is 17.2 Å². The molecule has 0 spiro atoms. The second-order valence-corrected chi connectivity index (χ2v) is 5.01. The third-order valence-electron chi connectivity index (χ3n) is 3.00. The maximum Gasteiger partial charge on any atom is 0.160 e. The number of hydrogen-bond donors (Lipinski definition) is 2. The van der Waals surface area contributed by atoms with Crippen molar-refractivity contribution < 1.29 is 14.6 Å². The molecule has 2 aromatic carbocycles. The van der Waals surface area contributed by atoms with Gasteiger partial charge in [-0.25, -0.2) is 0 Å². The molecule has 4 heteroatoms. The molecule has 0 aliphatic rings. The molecule has 0 aliphatic carbocycles. The van der Waals surface area contributed by atoms with E-state index < -0.39 is 0 Å². The molecule has 0 atom stereocenters. The molecular formula is C17H21NO3. The first kappa shape index (κ1) is 15.0. The molecular weight excluding hydrogens is 266 g/mol. The molecule has 0 bridgehead atoms. The maximum absolute atomic E-state index is 9.77. The van der Waals surface area contributed by atoms with E-state index in [2.05, 4.69) is 5.32 Å². The van der Waals surface area contributed by atoms with Crippen molar-refractivity contribution >= 4 is 5.69 Å². The molecule has 0 amide bonds. The number of nitrogens with one attached hydrogen (secondary N) is 1. The summed E-state index contributed by atoms with van der Waals surface area (Å²) < 4.78 is 10.8. The van der Waals surface area contributed by atoms with Crippen molar-refractivity contribution in [2.45, 2.75) is 26.5 Å². The quantitative estimate of drug-likeness (QED) is 0.848. The number of phenolic OH excluding ortho intramolecular Hbond substituents is 1. The van der Waals surface area contributed by atoms with Gasteiger partial charge in [-0.05, 0) is 32.0 Å². The average molecular weight is 287 g/mol. The normalized spacial score (nSPS) is 10.5. The maximum atomic E-state index is 9.77. The van der Waals surface area contributed by atoms with Gasteiger partial charge in [0.1, 0.15) is 5.75 Å². The Balaban J connectivity index is 2.08. The standard InChI is InChI=1S/C17H21NO3/c1-12(2)21-16-7-5-4-6-13(16)11-18-14-8-9-17(20-3)15(19)10-14/h4-10,12,18-19H,11H2,1-3H3. The summed E-state index contributed by atoms with van der Waals surface area (Å²) in [6, 6.07) is 13.2. The Labute approximate surface area is 125 Å². The van der Waals surface area contributed by atoms with Gasteiger partial charge in [0.05, 0.1) is 13.2 Å². The van der Waals surface area contributed by atoms with Crippen LogP contribution >= 0.6 is 0 Å². The van der Waals surface area contributed by atoms with Crippen molar-refractivity contribution in [1.82, 2.24) is 0 Å². The zero-order valence-corrected chi connectivity index (χ0v) is 12.6. The second kappa shape index (κ2) is 6.88. The van der Waals surface area contributed by atoms with Gasteiger partial charge >= 0.3 is 0 Å². The number of hydrogen-bond acceptors (Lipinski definition) is 4. The van der Waals surface area contributed by atoms with E-state index in [0.29, 0.717) is 12.3 Å². The SMILES string of the molecule is COc1ccc(NCc2ccccc2OC(C)C)cc1O. The van der Waals surface area contributed by atoms with Crippen LogP contribution in [0, 0.1) is 0 Å². The number of para-hydroxylation sites is 1. The molecule has 2 rings (SSSR count). The molecule has 2 N–H and O–H groups in total. The highest BCUT2D eigenvalue weighted by Gasteiger charge is 2.06. The molecule has 2 aromatic rings. The minimum Gasteiger partial charge on any atom is -0.504 e. The Morgan fingerprint density at radius 1 is 1.10 bits per heavy atom. The molecule has 0 heterocycles. The summed E-state index contributed by atoms with van der Waals surface area (Å²) >= 11 is 0. The van der Waals surface area contributed by atoms with Gasteiger partial charge in [-0.1, -0.05) is 18.2 Å². The number of aromatic hydroxyl groups is 1. The van der Waals surface area contributed by atoms with E-state index in [1.165, 1.54) is 7.11 Å². The fraction of sp³-hybridized carbons (Fsp3) is 0.294. The molecule has 0 fully saturated rings. The number of benzene rings is 2. The summed E-state index contributed by atoms with van der Waals surface area (Å²) in [7, 11) is 1.53. The van der Waals surface area contributed by atoms with E-state index in [1.807, 2.05) is 44.2 Å². The van der Waals surface area contributed by atoms with Gasteiger partial charge in [0.25, 0.3) is 0 Å². The highest BCUT2D eigenvalue weighted by molar-refractivity contribution is 5.54. The van der Waals surface area contributed by atoms with E-state index in [9.17, 15) is 5.11 Å². The Kier molecular flexibility index (Phi) is 4.93. The Morgan fingerprint density at radius 2 is 1.86 bits per heavy atom. The largest absolute Gasteiger partial charge is 0.504 e. The van der Waals surface area contributed by atoms with Gasteiger partial charge < -0.3 is 19.9 Å². The van der Waals surface area contributed by atoms with Gasteiger partial charge in [0, 0.05) is 23.9 Å². The molecule has 0 aromatic heterocycles. The number of phenols is 1. The van der Waals surface area contributed by atoms with E-state index in [1.54, 1.807) is 12.1 Å². The van der Waals surface area contributed by atoms with Crippen LogP contribution in [-0.4, -0.2) is 18.3 Å². The lowest BCUT2D eigenvalue weighted by molar-refractivity contribution is 0.240. The smallest absolute Gasteiger partial charge is 0.160 e. The van der Waals surface area contributed by atoms with Crippen LogP contribution in [0.15, 0.2) is 42.5 Å². The van der Waals surface area contributed by atoms with Crippen LogP contribution in [-0.2, 0) is 6.54 Å². The molecule has 0 unspecified atom stereocenters. The zero-order chi connectivity index (χ0) is 15.2. The van der Waals surface area contributed by atoms with Gasteiger partial charge in [0.15, 0.2) is 11.5 Å². The van der Waals surface area contributed by atoms with Crippen molar-refractivity contribution in [3.05, 3.63) is 48.0 Å². The first-order valence-electron chi connectivity index (χ1n) is 6.95. The highest BCUT2D eigenvalue weighted by atomic mass is 16.5. The van der Waals surface area contributed by atoms with Crippen LogP contribution in [0.2, 0.25) is 0 Å². The first-order valence-corrected chi connectivity index (χ1v) is 6.95. The van der Waals surface area contributed by atoms with E-state index in [4.69, 9.17) is 9.47 Å².